The lowest BCUT2D eigenvalue weighted by Crippen LogP contribution is -2.49. The smallest absolute Gasteiger partial charge is 0.322 e. The Bertz CT molecular complexity index is 590. The zero-order valence-corrected chi connectivity index (χ0v) is 11.0. The maximum atomic E-state index is 12.1. The van der Waals surface area contributed by atoms with Crippen LogP contribution >= 0.6 is 22.9 Å². The van der Waals surface area contributed by atoms with Crippen molar-refractivity contribution >= 4 is 40.8 Å². The number of hydrogen-bond acceptors (Lipinski definition) is 6. The minimum absolute atomic E-state index is 0.126. The number of halogens is 1. The molecule has 2 fully saturated rings. The maximum absolute atomic E-state index is 12.1. The van der Waals surface area contributed by atoms with Gasteiger partial charge in [-0.1, -0.05) is 11.3 Å². The highest BCUT2D eigenvalue weighted by Gasteiger charge is 2.51. The lowest BCUT2D eigenvalue weighted by atomic mass is 10.00. The van der Waals surface area contributed by atoms with Crippen LogP contribution in [0.3, 0.4) is 0 Å². The second kappa shape index (κ2) is 4.14. The molecule has 1 aromatic rings. The molecule has 0 aromatic carbocycles. The molecule has 0 saturated carbocycles. The molecule has 0 radical (unpaired) electrons. The van der Waals surface area contributed by atoms with E-state index in [9.17, 15) is 14.4 Å². The Kier molecular flexibility index (Phi) is 2.68. The van der Waals surface area contributed by atoms with Crippen LogP contribution in [0.1, 0.15) is 16.2 Å². The van der Waals surface area contributed by atoms with Gasteiger partial charge in [-0.15, -0.1) is 10.2 Å². The minimum atomic E-state index is -1.01. The predicted molar refractivity (Wildman–Crippen MR) is 64.8 cm³/mol. The first-order valence-corrected chi connectivity index (χ1v) is 6.61. The standard InChI is InChI=1S/C9H8ClN5O3S/c10-7-14-13-4(19-7)5(16)15-2-1-9(3-15)6(17)11-8(18)12-9/h1-3H2,(H2,11,12,17,18). The van der Waals surface area contributed by atoms with Crippen molar-refractivity contribution in [3.05, 3.63) is 9.47 Å². The van der Waals surface area contributed by atoms with Crippen molar-refractivity contribution < 1.29 is 14.4 Å². The van der Waals surface area contributed by atoms with Crippen molar-refractivity contribution in [1.29, 1.82) is 0 Å². The van der Waals surface area contributed by atoms with Gasteiger partial charge in [-0.05, 0) is 18.0 Å². The highest BCUT2D eigenvalue weighted by molar-refractivity contribution is 7.17. The molecule has 2 aliphatic heterocycles. The van der Waals surface area contributed by atoms with Crippen LogP contribution in [0.5, 0.6) is 0 Å². The Morgan fingerprint density at radius 2 is 2.21 bits per heavy atom. The molecular formula is C9H8ClN5O3S. The minimum Gasteiger partial charge on any atom is -0.334 e. The first kappa shape index (κ1) is 12.3. The fourth-order valence-corrected chi connectivity index (χ4v) is 3.02. The van der Waals surface area contributed by atoms with Gasteiger partial charge in [0, 0.05) is 6.54 Å². The van der Waals surface area contributed by atoms with Gasteiger partial charge < -0.3 is 10.2 Å². The molecule has 2 saturated heterocycles. The topological polar surface area (TPSA) is 104 Å². The van der Waals surface area contributed by atoms with Gasteiger partial charge in [0.05, 0.1) is 6.54 Å². The lowest BCUT2D eigenvalue weighted by Gasteiger charge is -2.20. The molecule has 1 aromatic heterocycles. The van der Waals surface area contributed by atoms with E-state index in [1.54, 1.807) is 0 Å². The van der Waals surface area contributed by atoms with Crippen molar-refractivity contribution in [3.63, 3.8) is 0 Å². The monoisotopic (exact) mass is 301 g/mol. The van der Waals surface area contributed by atoms with Crippen LogP contribution < -0.4 is 10.6 Å². The molecule has 19 heavy (non-hydrogen) atoms. The molecule has 2 aliphatic rings. The van der Waals surface area contributed by atoms with Crippen LogP contribution in [-0.4, -0.2) is 51.6 Å². The van der Waals surface area contributed by atoms with Crippen molar-refractivity contribution in [2.45, 2.75) is 12.0 Å². The predicted octanol–water partition coefficient (Wildman–Crippen LogP) is -0.384. The quantitative estimate of drug-likeness (QED) is 0.688. The van der Waals surface area contributed by atoms with Gasteiger partial charge >= 0.3 is 6.03 Å². The van der Waals surface area contributed by atoms with Crippen LogP contribution in [0.25, 0.3) is 0 Å². The van der Waals surface area contributed by atoms with Crippen LogP contribution in [0.15, 0.2) is 0 Å². The van der Waals surface area contributed by atoms with Gasteiger partial charge in [0.2, 0.25) is 9.47 Å². The molecule has 100 valence electrons. The zero-order valence-electron chi connectivity index (χ0n) is 9.47. The van der Waals surface area contributed by atoms with E-state index in [0.717, 1.165) is 11.3 Å². The van der Waals surface area contributed by atoms with Crippen LogP contribution in [0.2, 0.25) is 4.47 Å². The third kappa shape index (κ3) is 1.94. The average molecular weight is 302 g/mol. The number of carbonyl (C=O) groups excluding carboxylic acids is 3. The Morgan fingerprint density at radius 3 is 2.79 bits per heavy atom. The number of rotatable bonds is 1. The average Bonchev–Trinajstić information content (AvgIpc) is 3.01. The number of urea groups is 1. The van der Waals surface area contributed by atoms with E-state index in [4.69, 9.17) is 11.6 Å². The maximum Gasteiger partial charge on any atom is 0.322 e. The normalized spacial score (nSPS) is 25.8. The second-order valence-electron chi connectivity index (χ2n) is 4.33. The molecule has 8 nitrogen and oxygen atoms in total. The number of carbonyl (C=O) groups is 3. The number of aromatic nitrogens is 2. The number of amides is 4. The molecule has 0 aliphatic carbocycles. The van der Waals surface area contributed by atoms with Crippen molar-refractivity contribution in [2.24, 2.45) is 0 Å². The number of imide groups is 1. The summed E-state index contributed by atoms with van der Waals surface area (Å²) in [6.07, 6.45) is 0.378. The van der Waals surface area contributed by atoms with Crippen molar-refractivity contribution in [1.82, 2.24) is 25.7 Å². The summed E-state index contributed by atoms with van der Waals surface area (Å²) in [6.45, 7) is 0.490. The molecule has 4 amide bonds. The van der Waals surface area contributed by atoms with Gasteiger partial charge in [0.1, 0.15) is 5.54 Å². The summed E-state index contributed by atoms with van der Waals surface area (Å²) >= 11 is 6.61. The largest absolute Gasteiger partial charge is 0.334 e. The highest BCUT2D eigenvalue weighted by atomic mass is 35.5. The van der Waals surface area contributed by atoms with Gasteiger partial charge in [-0.2, -0.15) is 0 Å². The van der Waals surface area contributed by atoms with Gasteiger partial charge in [0.25, 0.3) is 11.8 Å². The van der Waals surface area contributed by atoms with E-state index in [1.807, 2.05) is 0 Å². The number of likely N-dealkylation sites (tertiary alicyclic amines) is 1. The number of nitrogens with one attached hydrogen (secondary N) is 2. The fourth-order valence-electron chi connectivity index (χ4n) is 2.23. The van der Waals surface area contributed by atoms with Crippen LogP contribution in [0.4, 0.5) is 4.79 Å². The molecule has 1 spiro atoms. The molecule has 0 bridgehead atoms. The Morgan fingerprint density at radius 1 is 1.42 bits per heavy atom. The van der Waals surface area contributed by atoms with Gasteiger partial charge in [-0.3, -0.25) is 14.9 Å². The summed E-state index contributed by atoms with van der Waals surface area (Å²) < 4.78 is 0.184. The zero-order chi connectivity index (χ0) is 13.6. The third-order valence-electron chi connectivity index (χ3n) is 3.15. The molecule has 2 N–H and O–H groups in total. The Labute approximate surface area is 116 Å². The summed E-state index contributed by atoms with van der Waals surface area (Å²) in [5.74, 6) is -0.738. The van der Waals surface area contributed by atoms with Crippen molar-refractivity contribution in [2.75, 3.05) is 13.1 Å². The summed E-state index contributed by atoms with van der Waals surface area (Å²) in [7, 11) is 0. The Hall–Kier alpha value is -1.74. The van der Waals surface area contributed by atoms with Crippen molar-refractivity contribution in [3.8, 4) is 0 Å². The van der Waals surface area contributed by atoms with E-state index >= 15 is 0 Å². The number of nitrogens with zero attached hydrogens (tertiary/aromatic N) is 3. The molecule has 10 heteroatoms. The highest BCUT2D eigenvalue weighted by Crippen LogP contribution is 2.27. The van der Waals surface area contributed by atoms with E-state index in [0.29, 0.717) is 13.0 Å². The molecule has 1 unspecified atom stereocenters. The third-order valence-corrected chi connectivity index (χ3v) is 4.16. The fraction of sp³-hybridized carbons (Fsp3) is 0.444. The summed E-state index contributed by atoms with van der Waals surface area (Å²) in [4.78, 5) is 36.5. The summed E-state index contributed by atoms with van der Waals surface area (Å²) in [5.41, 5.74) is -1.01. The van der Waals surface area contributed by atoms with E-state index in [2.05, 4.69) is 20.8 Å². The Balaban J connectivity index is 1.78. The van der Waals surface area contributed by atoms with E-state index < -0.39 is 17.5 Å². The molecular weight excluding hydrogens is 294 g/mol. The number of hydrogen-bond donors (Lipinski definition) is 2. The second-order valence-corrected chi connectivity index (χ2v) is 5.89. The van der Waals surface area contributed by atoms with Crippen LogP contribution in [0, 0.1) is 0 Å². The van der Waals surface area contributed by atoms with E-state index in [-0.39, 0.29) is 21.9 Å². The van der Waals surface area contributed by atoms with Gasteiger partial charge in [-0.25, -0.2) is 4.79 Å². The molecule has 3 rings (SSSR count). The lowest BCUT2D eigenvalue weighted by molar-refractivity contribution is -0.123. The van der Waals surface area contributed by atoms with Gasteiger partial charge in [0.15, 0.2) is 0 Å². The SMILES string of the molecule is O=C1NC(=O)C2(CCN(C(=O)c3nnc(Cl)s3)C2)N1. The first-order chi connectivity index (χ1) is 9.00. The van der Waals surface area contributed by atoms with E-state index in [1.165, 1.54) is 4.90 Å². The summed E-state index contributed by atoms with van der Waals surface area (Å²) in [6, 6.07) is -0.529. The van der Waals surface area contributed by atoms with Crippen LogP contribution in [-0.2, 0) is 4.79 Å². The molecule has 3 heterocycles. The first-order valence-electron chi connectivity index (χ1n) is 5.42. The summed E-state index contributed by atoms with van der Waals surface area (Å²) in [5, 5.41) is 12.2. The molecule has 1 atom stereocenters.